The third kappa shape index (κ3) is 5.92. The van der Waals surface area contributed by atoms with Crippen LogP contribution < -0.4 is 5.32 Å². The third-order valence-electron chi connectivity index (χ3n) is 1.67. The van der Waals surface area contributed by atoms with E-state index in [0.29, 0.717) is 6.54 Å². The SMILES string of the molecule is C=CC(=O)NCCCC(O)CC. The number of carbonyl (C=O) groups excluding carboxylic acids is 1. The summed E-state index contributed by atoms with van der Waals surface area (Å²) in [5, 5.41) is 11.8. The number of hydrogen-bond donors (Lipinski definition) is 2. The molecule has 12 heavy (non-hydrogen) atoms. The van der Waals surface area contributed by atoms with E-state index in [1.807, 2.05) is 6.92 Å². The van der Waals surface area contributed by atoms with Crippen LogP contribution in [0.15, 0.2) is 12.7 Å². The van der Waals surface area contributed by atoms with E-state index in [-0.39, 0.29) is 12.0 Å². The van der Waals surface area contributed by atoms with Crippen molar-refractivity contribution >= 4 is 5.91 Å². The molecule has 0 aromatic heterocycles. The molecule has 0 heterocycles. The molecule has 0 aromatic rings. The van der Waals surface area contributed by atoms with Gasteiger partial charge in [0.2, 0.25) is 5.91 Å². The molecule has 1 unspecified atom stereocenters. The molecule has 1 atom stereocenters. The lowest BCUT2D eigenvalue weighted by Gasteiger charge is -2.06. The fraction of sp³-hybridized carbons (Fsp3) is 0.667. The summed E-state index contributed by atoms with van der Waals surface area (Å²) in [6.07, 6.45) is 3.35. The standard InChI is InChI=1S/C9H17NO2/c1-3-8(11)6-5-7-10-9(12)4-2/h4,8,11H,2-3,5-7H2,1H3,(H,10,12). The van der Waals surface area contributed by atoms with Crippen LogP contribution in [0.5, 0.6) is 0 Å². The van der Waals surface area contributed by atoms with Crippen LogP contribution in [0.3, 0.4) is 0 Å². The van der Waals surface area contributed by atoms with Crippen molar-refractivity contribution < 1.29 is 9.90 Å². The molecule has 0 radical (unpaired) electrons. The fourth-order valence-electron chi connectivity index (χ4n) is 0.826. The number of aliphatic hydroxyl groups is 1. The number of nitrogens with one attached hydrogen (secondary N) is 1. The Hall–Kier alpha value is -0.830. The smallest absolute Gasteiger partial charge is 0.243 e. The molecule has 0 saturated carbocycles. The minimum atomic E-state index is -0.231. The van der Waals surface area contributed by atoms with Gasteiger partial charge in [0, 0.05) is 6.54 Å². The summed E-state index contributed by atoms with van der Waals surface area (Å²) in [6.45, 7) is 5.88. The average Bonchev–Trinajstić information content (AvgIpc) is 2.11. The maximum absolute atomic E-state index is 10.6. The van der Waals surface area contributed by atoms with Gasteiger partial charge in [-0.25, -0.2) is 0 Å². The summed E-state index contributed by atoms with van der Waals surface area (Å²) < 4.78 is 0. The van der Waals surface area contributed by atoms with E-state index in [1.54, 1.807) is 0 Å². The molecule has 0 aliphatic rings. The van der Waals surface area contributed by atoms with Gasteiger partial charge < -0.3 is 10.4 Å². The number of rotatable bonds is 6. The van der Waals surface area contributed by atoms with Crippen LogP contribution in [0.2, 0.25) is 0 Å². The second kappa shape index (κ2) is 6.85. The first-order valence-electron chi connectivity index (χ1n) is 4.29. The first-order valence-corrected chi connectivity index (χ1v) is 4.29. The van der Waals surface area contributed by atoms with Gasteiger partial charge in [-0.2, -0.15) is 0 Å². The minimum absolute atomic E-state index is 0.152. The molecular weight excluding hydrogens is 154 g/mol. The van der Waals surface area contributed by atoms with Crippen molar-refractivity contribution in [2.75, 3.05) is 6.54 Å². The molecule has 0 aromatic carbocycles. The minimum Gasteiger partial charge on any atom is -0.393 e. The van der Waals surface area contributed by atoms with Crippen molar-refractivity contribution in [3.8, 4) is 0 Å². The van der Waals surface area contributed by atoms with Crippen molar-refractivity contribution in [2.45, 2.75) is 32.3 Å². The summed E-state index contributed by atoms with van der Waals surface area (Å²) in [4.78, 5) is 10.6. The number of aliphatic hydroxyl groups excluding tert-OH is 1. The Morgan fingerprint density at radius 2 is 2.42 bits per heavy atom. The number of amides is 1. The van der Waals surface area contributed by atoms with Crippen molar-refractivity contribution in [1.29, 1.82) is 0 Å². The van der Waals surface area contributed by atoms with Gasteiger partial charge in [0.15, 0.2) is 0 Å². The van der Waals surface area contributed by atoms with Gasteiger partial charge in [0.25, 0.3) is 0 Å². The van der Waals surface area contributed by atoms with E-state index in [4.69, 9.17) is 5.11 Å². The van der Waals surface area contributed by atoms with Crippen molar-refractivity contribution in [3.63, 3.8) is 0 Å². The maximum Gasteiger partial charge on any atom is 0.243 e. The molecule has 0 bridgehead atoms. The molecule has 0 fully saturated rings. The lowest BCUT2D eigenvalue weighted by molar-refractivity contribution is -0.116. The van der Waals surface area contributed by atoms with Gasteiger partial charge in [-0.15, -0.1) is 0 Å². The Morgan fingerprint density at radius 3 is 2.92 bits per heavy atom. The van der Waals surface area contributed by atoms with E-state index in [2.05, 4.69) is 11.9 Å². The zero-order valence-corrected chi connectivity index (χ0v) is 7.55. The zero-order chi connectivity index (χ0) is 9.40. The third-order valence-corrected chi connectivity index (χ3v) is 1.67. The van der Waals surface area contributed by atoms with Gasteiger partial charge in [0.05, 0.1) is 6.10 Å². The Balaban J connectivity index is 3.21. The van der Waals surface area contributed by atoms with Gasteiger partial charge in [-0.1, -0.05) is 13.5 Å². The summed E-state index contributed by atoms with van der Waals surface area (Å²) in [5.41, 5.74) is 0. The van der Waals surface area contributed by atoms with Crippen LogP contribution in [0.4, 0.5) is 0 Å². The predicted molar refractivity (Wildman–Crippen MR) is 48.7 cm³/mol. The summed E-state index contributed by atoms with van der Waals surface area (Å²) in [7, 11) is 0. The first-order chi connectivity index (χ1) is 5.70. The van der Waals surface area contributed by atoms with Crippen molar-refractivity contribution in [2.24, 2.45) is 0 Å². The highest BCUT2D eigenvalue weighted by Gasteiger charge is 1.99. The highest BCUT2D eigenvalue weighted by molar-refractivity contribution is 5.86. The molecule has 0 saturated heterocycles. The van der Waals surface area contributed by atoms with Gasteiger partial charge in [0.1, 0.15) is 0 Å². The highest BCUT2D eigenvalue weighted by atomic mass is 16.3. The van der Waals surface area contributed by atoms with E-state index < -0.39 is 0 Å². The molecule has 0 spiro atoms. The Labute approximate surface area is 73.5 Å². The monoisotopic (exact) mass is 171 g/mol. The molecule has 0 aliphatic heterocycles. The molecule has 0 rings (SSSR count). The molecule has 70 valence electrons. The maximum atomic E-state index is 10.6. The molecule has 0 aliphatic carbocycles. The topological polar surface area (TPSA) is 49.3 Å². The van der Waals surface area contributed by atoms with E-state index >= 15 is 0 Å². The Morgan fingerprint density at radius 1 is 1.75 bits per heavy atom. The lowest BCUT2D eigenvalue weighted by Crippen LogP contribution is -2.22. The van der Waals surface area contributed by atoms with E-state index in [1.165, 1.54) is 6.08 Å². The summed E-state index contributed by atoms with van der Waals surface area (Å²) in [6, 6.07) is 0. The first kappa shape index (κ1) is 11.2. The fourth-order valence-corrected chi connectivity index (χ4v) is 0.826. The Bertz CT molecular complexity index is 145. The van der Waals surface area contributed by atoms with Crippen LogP contribution in [0, 0.1) is 0 Å². The Kier molecular flexibility index (Phi) is 6.38. The predicted octanol–water partition coefficient (Wildman–Crippen LogP) is 0.840. The summed E-state index contributed by atoms with van der Waals surface area (Å²) >= 11 is 0. The van der Waals surface area contributed by atoms with Crippen LogP contribution in [-0.4, -0.2) is 23.7 Å². The average molecular weight is 171 g/mol. The molecule has 3 nitrogen and oxygen atoms in total. The normalized spacial score (nSPS) is 12.2. The van der Waals surface area contributed by atoms with Gasteiger partial charge >= 0.3 is 0 Å². The van der Waals surface area contributed by atoms with Crippen LogP contribution in [0.1, 0.15) is 26.2 Å². The van der Waals surface area contributed by atoms with Crippen LogP contribution in [0.25, 0.3) is 0 Å². The number of hydrogen-bond acceptors (Lipinski definition) is 2. The van der Waals surface area contributed by atoms with Crippen molar-refractivity contribution in [3.05, 3.63) is 12.7 Å². The molecule has 3 heteroatoms. The second-order valence-corrected chi connectivity index (χ2v) is 2.70. The molecular formula is C9H17NO2. The second-order valence-electron chi connectivity index (χ2n) is 2.70. The molecule has 2 N–H and O–H groups in total. The van der Waals surface area contributed by atoms with Gasteiger partial charge in [-0.05, 0) is 25.3 Å². The zero-order valence-electron chi connectivity index (χ0n) is 7.55. The van der Waals surface area contributed by atoms with E-state index in [0.717, 1.165) is 19.3 Å². The quantitative estimate of drug-likeness (QED) is 0.459. The van der Waals surface area contributed by atoms with Crippen LogP contribution in [-0.2, 0) is 4.79 Å². The lowest BCUT2D eigenvalue weighted by atomic mass is 10.1. The van der Waals surface area contributed by atoms with Crippen molar-refractivity contribution in [1.82, 2.24) is 5.32 Å². The summed E-state index contributed by atoms with van der Waals surface area (Å²) in [5.74, 6) is -0.152. The van der Waals surface area contributed by atoms with E-state index in [9.17, 15) is 4.79 Å². The number of carbonyl (C=O) groups is 1. The molecule has 1 amide bonds. The largest absolute Gasteiger partial charge is 0.393 e. The highest BCUT2D eigenvalue weighted by Crippen LogP contribution is 1.99. The van der Waals surface area contributed by atoms with Gasteiger partial charge in [-0.3, -0.25) is 4.79 Å². The van der Waals surface area contributed by atoms with Crippen LogP contribution >= 0.6 is 0 Å².